The summed E-state index contributed by atoms with van der Waals surface area (Å²) in [5.74, 6) is 0.420. The van der Waals surface area contributed by atoms with Crippen molar-refractivity contribution in [2.75, 3.05) is 12.0 Å². The van der Waals surface area contributed by atoms with E-state index >= 15 is 0 Å². The summed E-state index contributed by atoms with van der Waals surface area (Å²) >= 11 is 1.40. The van der Waals surface area contributed by atoms with Crippen LogP contribution in [0, 0.1) is 13.8 Å². The number of fused-ring (bicyclic) bond motifs is 1. The lowest BCUT2D eigenvalue weighted by molar-refractivity contribution is -0.119. The highest BCUT2D eigenvalue weighted by atomic mass is 32.1. The van der Waals surface area contributed by atoms with Crippen LogP contribution in [0.1, 0.15) is 17.0 Å². The van der Waals surface area contributed by atoms with Crippen LogP contribution in [-0.2, 0) is 17.9 Å². The Labute approximate surface area is 182 Å². The van der Waals surface area contributed by atoms with E-state index in [-0.39, 0.29) is 24.6 Å². The fourth-order valence-corrected chi connectivity index (χ4v) is 4.04. The molecule has 158 valence electrons. The zero-order valence-electron chi connectivity index (χ0n) is 17.4. The van der Waals surface area contributed by atoms with Crippen LogP contribution in [0.4, 0.5) is 5.13 Å². The quantitative estimate of drug-likeness (QED) is 0.462. The molecule has 0 atom stereocenters. The van der Waals surface area contributed by atoms with Crippen LogP contribution in [0.3, 0.4) is 0 Å². The van der Waals surface area contributed by atoms with Gasteiger partial charge < -0.3 is 4.74 Å². The summed E-state index contributed by atoms with van der Waals surface area (Å²) < 4.78 is 7.53. The maximum atomic E-state index is 13.3. The number of anilines is 1. The molecule has 0 N–H and O–H groups in total. The van der Waals surface area contributed by atoms with Gasteiger partial charge in [0.05, 0.1) is 35.9 Å². The molecule has 0 aliphatic carbocycles. The van der Waals surface area contributed by atoms with Crippen LogP contribution >= 0.6 is 11.3 Å². The number of hydrogen-bond donors (Lipinski definition) is 0. The molecule has 0 unspecified atom stereocenters. The van der Waals surface area contributed by atoms with E-state index in [1.807, 2.05) is 36.4 Å². The van der Waals surface area contributed by atoms with Crippen molar-refractivity contribution in [1.82, 2.24) is 19.5 Å². The highest BCUT2D eigenvalue weighted by Gasteiger charge is 2.22. The van der Waals surface area contributed by atoms with Crippen molar-refractivity contribution in [3.05, 3.63) is 76.2 Å². The van der Waals surface area contributed by atoms with Crippen LogP contribution in [-0.4, -0.2) is 32.5 Å². The fraction of sp³-hybridized carbons (Fsp3) is 0.227. The number of nitrogens with zero attached hydrogens (tertiary/aromatic N) is 5. The Morgan fingerprint density at radius 3 is 2.77 bits per heavy atom. The van der Waals surface area contributed by atoms with E-state index < -0.39 is 0 Å². The van der Waals surface area contributed by atoms with Crippen molar-refractivity contribution in [2.24, 2.45) is 0 Å². The molecule has 4 aromatic rings. The molecular formula is C22H21N5O3S. The Balaban J connectivity index is 1.71. The largest absolute Gasteiger partial charge is 0.497 e. The Kier molecular flexibility index (Phi) is 5.77. The average molecular weight is 436 g/mol. The summed E-state index contributed by atoms with van der Waals surface area (Å²) in [6, 6.07) is 11.1. The molecular weight excluding hydrogens is 414 g/mol. The van der Waals surface area contributed by atoms with E-state index in [1.54, 1.807) is 32.1 Å². The topological polar surface area (TPSA) is 90.2 Å². The second kappa shape index (κ2) is 8.65. The van der Waals surface area contributed by atoms with E-state index in [0.717, 1.165) is 15.9 Å². The van der Waals surface area contributed by atoms with Gasteiger partial charge in [-0.2, -0.15) is 0 Å². The number of hydrogen-bond acceptors (Lipinski definition) is 7. The van der Waals surface area contributed by atoms with Gasteiger partial charge in [-0.25, -0.2) is 9.97 Å². The van der Waals surface area contributed by atoms with Gasteiger partial charge in [-0.3, -0.25) is 24.0 Å². The average Bonchev–Trinajstić information content (AvgIpc) is 3.21. The van der Waals surface area contributed by atoms with E-state index in [9.17, 15) is 9.59 Å². The molecule has 1 amide bonds. The smallest absolute Gasteiger partial charge is 0.256 e. The number of benzene rings is 1. The molecule has 4 rings (SSSR count). The van der Waals surface area contributed by atoms with Gasteiger partial charge in [-0.15, -0.1) is 0 Å². The molecule has 0 fully saturated rings. The number of carbonyl (C=O) groups excluding carboxylic acids is 1. The Bertz CT molecular complexity index is 1300. The first-order chi connectivity index (χ1) is 15.0. The number of ether oxygens (including phenoxy) is 1. The molecule has 0 aliphatic rings. The van der Waals surface area contributed by atoms with Crippen LogP contribution in [0.2, 0.25) is 0 Å². The number of thiazole rings is 1. The minimum atomic E-state index is -0.274. The van der Waals surface area contributed by atoms with E-state index in [2.05, 4.69) is 15.0 Å². The number of aryl methyl sites for hydroxylation is 1. The molecule has 3 heterocycles. The van der Waals surface area contributed by atoms with Gasteiger partial charge >= 0.3 is 0 Å². The van der Waals surface area contributed by atoms with Gasteiger partial charge in [-0.05, 0) is 38.1 Å². The van der Waals surface area contributed by atoms with Crippen molar-refractivity contribution in [2.45, 2.75) is 26.9 Å². The third kappa shape index (κ3) is 4.31. The Morgan fingerprint density at radius 1 is 1.19 bits per heavy atom. The molecule has 3 aromatic heterocycles. The number of methoxy groups -OCH3 is 1. The summed E-state index contributed by atoms with van der Waals surface area (Å²) in [4.78, 5) is 40.6. The molecule has 1 aromatic carbocycles. The molecule has 0 bridgehead atoms. The first-order valence-corrected chi connectivity index (χ1v) is 10.5. The minimum Gasteiger partial charge on any atom is -0.497 e. The fourth-order valence-electron chi connectivity index (χ4n) is 3.07. The van der Waals surface area contributed by atoms with Gasteiger partial charge in [0, 0.05) is 23.5 Å². The molecule has 8 nitrogen and oxygen atoms in total. The zero-order valence-corrected chi connectivity index (χ0v) is 18.2. The second-order valence-electron chi connectivity index (χ2n) is 7.02. The third-order valence-electron chi connectivity index (χ3n) is 4.98. The van der Waals surface area contributed by atoms with Crippen molar-refractivity contribution in [1.29, 1.82) is 0 Å². The highest BCUT2D eigenvalue weighted by molar-refractivity contribution is 7.22. The molecule has 0 radical (unpaired) electrons. The van der Waals surface area contributed by atoms with Gasteiger partial charge in [-0.1, -0.05) is 17.4 Å². The van der Waals surface area contributed by atoms with Crippen LogP contribution in [0.5, 0.6) is 5.75 Å². The van der Waals surface area contributed by atoms with Crippen molar-refractivity contribution >= 4 is 32.6 Å². The number of pyridine rings is 1. The lowest BCUT2D eigenvalue weighted by atomic mass is 10.3. The second-order valence-corrected chi connectivity index (χ2v) is 8.03. The Hall–Kier alpha value is -3.59. The van der Waals surface area contributed by atoms with Crippen LogP contribution < -0.4 is 15.2 Å². The standard InChI is InChI=1S/C22H21N5O3S/c1-14-15(2)24-13-26(21(14)29)12-20(28)27(11-16-6-4-5-9-23-16)22-25-18-10-17(30-3)7-8-19(18)31-22/h4-10,13H,11-12H2,1-3H3. The highest BCUT2D eigenvalue weighted by Crippen LogP contribution is 2.32. The number of amides is 1. The van der Waals surface area contributed by atoms with E-state index in [1.165, 1.54) is 22.2 Å². The number of carbonyl (C=O) groups is 1. The summed E-state index contributed by atoms with van der Waals surface area (Å²) in [6.07, 6.45) is 3.09. The van der Waals surface area contributed by atoms with Crippen molar-refractivity contribution in [3.63, 3.8) is 0 Å². The SMILES string of the molecule is COc1ccc2sc(N(Cc3ccccn3)C(=O)Cn3cnc(C)c(C)c3=O)nc2c1. The predicted molar refractivity (Wildman–Crippen MR) is 120 cm³/mol. The Morgan fingerprint density at radius 2 is 2.03 bits per heavy atom. The monoisotopic (exact) mass is 435 g/mol. The number of aromatic nitrogens is 4. The van der Waals surface area contributed by atoms with Crippen LogP contribution in [0.25, 0.3) is 10.2 Å². The van der Waals surface area contributed by atoms with Crippen LogP contribution in [0.15, 0.2) is 53.7 Å². The summed E-state index contributed by atoms with van der Waals surface area (Å²) in [5, 5.41) is 0.531. The molecule has 0 aliphatic heterocycles. The van der Waals surface area contributed by atoms with E-state index in [0.29, 0.717) is 22.1 Å². The molecule has 0 saturated carbocycles. The maximum Gasteiger partial charge on any atom is 0.256 e. The lowest BCUT2D eigenvalue weighted by Crippen LogP contribution is -2.37. The van der Waals surface area contributed by atoms with Crippen molar-refractivity contribution in [3.8, 4) is 5.75 Å². The minimum absolute atomic E-state index is 0.140. The maximum absolute atomic E-state index is 13.3. The van der Waals surface area contributed by atoms with Gasteiger partial charge in [0.1, 0.15) is 12.3 Å². The van der Waals surface area contributed by atoms with Gasteiger partial charge in [0.2, 0.25) is 5.91 Å². The lowest BCUT2D eigenvalue weighted by Gasteiger charge is -2.20. The van der Waals surface area contributed by atoms with Gasteiger partial charge in [0.25, 0.3) is 5.56 Å². The summed E-state index contributed by atoms with van der Waals surface area (Å²) in [6.45, 7) is 3.58. The zero-order chi connectivity index (χ0) is 22.0. The summed E-state index contributed by atoms with van der Waals surface area (Å²) in [7, 11) is 1.60. The summed E-state index contributed by atoms with van der Waals surface area (Å²) in [5.41, 5.74) is 2.41. The molecule has 31 heavy (non-hydrogen) atoms. The third-order valence-corrected chi connectivity index (χ3v) is 6.04. The normalized spacial score (nSPS) is 10.9. The molecule has 0 spiro atoms. The predicted octanol–water partition coefficient (Wildman–Crippen LogP) is 3.11. The molecule has 9 heteroatoms. The van der Waals surface area contributed by atoms with E-state index in [4.69, 9.17) is 4.74 Å². The van der Waals surface area contributed by atoms with Gasteiger partial charge in [0.15, 0.2) is 5.13 Å². The van der Waals surface area contributed by atoms with Crippen molar-refractivity contribution < 1.29 is 9.53 Å². The first kappa shape index (κ1) is 20.7. The molecule has 0 saturated heterocycles. The first-order valence-electron chi connectivity index (χ1n) is 9.63. The number of rotatable bonds is 6.